The predicted molar refractivity (Wildman–Crippen MR) is 118 cm³/mol. The second-order valence-corrected chi connectivity index (χ2v) is 8.51. The fourth-order valence-corrected chi connectivity index (χ4v) is 4.40. The van der Waals surface area contributed by atoms with Crippen molar-refractivity contribution >= 4 is 5.91 Å². The zero-order chi connectivity index (χ0) is 21.9. The van der Waals surface area contributed by atoms with Gasteiger partial charge in [0.1, 0.15) is 0 Å². The Labute approximate surface area is 187 Å². The van der Waals surface area contributed by atoms with Gasteiger partial charge in [0, 0.05) is 31.0 Å². The summed E-state index contributed by atoms with van der Waals surface area (Å²) in [7, 11) is 0. The van der Waals surface area contributed by atoms with Gasteiger partial charge < -0.3 is 18.8 Å². The van der Waals surface area contributed by atoms with E-state index in [1.54, 1.807) is 0 Å². The summed E-state index contributed by atoms with van der Waals surface area (Å²) < 4.78 is 16.7. The Morgan fingerprint density at radius 3 is 2.62 bits per heavy atom. The topological polar surface area (TPSA) is 77.7 Å². The van der Waals surface area contributed by atoms with E-state index in [2.05, 4.69) is 10.2 Å². The lowest BCUT2D eigenvalue weighted by atomic mass is 10.1. The predicted octanol–water partition coefficient (Wildman–Crippen LogP) is 4.68. The van der Waals surface area contributed by atoms with E-state index in [9.17, 15) is 4.79 Å². The van der Waals surface area contributed by atoms with Crippen LogP contribution in [0.25, 0.3) is 11.5 Å². The number of fused-ring (bicyclic) bond motifs is 1. The molecule has 7 nitrogen and oxygen atoms in total. The molecule has 1 aliphatic heterocycles. The van der Waals surface area contributed by atoms with Crippen LogP contribution in [0.3, 0.4) is 0 Å². The molecule has 3 aromatic rings. The highest BCUT2D eigenvalue weighted by atomic mass is 16.7. The highest BCUT2D eigenvalue weighted by Crippen LogP contribution is 2.34. The molecule has 2 heterocycles. The van der Waals surface area contributed by atoms with Crippen molar-refractivity contribution in [2.75, 3.05) is 6.79 Å². The molecule has 1 aliphatic carbocycles. The third-order valence-corrected chi connectivity index (χ3v) is 6.19. The molecule has 1 fully saturated rings. The number of nitrogens with zero attached hydrogens (tertiary/aromatic N) is 3. The largest absolute Gasteiger partial charge is 0.454 e. The Kier molecular flexibility index (Phi) is 5.79. The molecular weight excluding hydrogens is 406 g/mol. The number of aryl methyl sites for hydroxylation is 2. The number of carbonyl (C=O) groups is 1. The summed E-state index contributed by atoms with van der Waals surface area (Å²) in [5, 5.41) is 8.30. The first kappa shape index (κ1) is 20.5. The molecule has 0 radical (unpaired) electrons. The monoisotopic (exact) mass is 433 g/mol. The van der Waals surface area contributed by atoms with E-state index >= 15 is 0 Å². The van der Waals surface area contributed by atoms with E-state index in [4.69, 9.17) is 13.9 Å². The zero-order valence-corrected chi connectivity index (χ0v) is 18.3. The summed E-state index contributed by atoms with van der Waals surface area (Å²) in [6.07, 6.45) is 5.21. The van der Waals surface area contributed by atoms with Gasteiger partial charge in [-0.2, -0.15) is 0 Å². The lowest BCUT2D eigenvalue weighted by Crippen LogP contribution is -2.38. The van der Waals surface area contributed by atoms with Crippen LogP contribution < -0.4 is 9.47 Å². The van der Waals surface area contributed by atoms with Crippen LogP contribution in [0.1, 0.15) is 49.1 Å². The maximum absolute atomic E-state index is 13.2. The molecule has 0 saturated heterocycles. The number of ether oxygens (including phenoxy) is 2. The van der Waals surface area contributed by atoms with Crippen LogP contribution in [0.15, 0.2) is 46.9 Å². The van der Waals surface area contributed by atoms with E-state index in [-0.39, 0.29) is 18.7 Å². The van der Waals surface area contributed by atoms with Crippen molar-refractivity contribution in [3.8, 4) is 23.0 Å². The molecule has 2 aliphatic rings. The van der Waals surface area contributed by atoms with Gasteiger partial charge in [0.2, 0.25) is 24.5 Å². The first-order valence-corrected chi connectivity index (χ1v) is 11.2. The lowest BCUT2D eigenvalue weighted by molar-refractivity contribution is -0.134. The molecule has 0 atom stereocenters. The van der Waals surface area contributed by atoms with Crippen LogP contribution >= 0.6 is 0 Å². The molecule has 32 heavy (non-hydrogen) atoms. The summed E-state index contributed by atoms with van der Waals surface area (Å²) in [5.41, 5.74) is 3.11. The number of amides is 1. The average molecular weight is 434 g/mol. The van der Waals surface area contributed by atoms with E-state index < -0.39 is 0 Å². The van der Waals surface area contributed by atoms with E-state index in [0.29, 0.717) is 31.2 Å². The van der Waals surface area contributed by atoms with Crippen LogP contribution in [0.5, 0.6) is 11.5 Å². The second kappa shape index (κ2) is 9.02. The van der Waals surface area contributed by atoms with Gasteiger partial charge in [-0.15, -0.1) is 10.2 Å². The summed E-state index contributed by atoms with van der Waals surface area (Å²) in [4.78, 5) is 15.3. The van der Waals surface area contributed by atoms with Crippen molar-refractivity contribution in [1.82, 2.24) is 15.1 Å². The minimum Gasteiger partial charge on any atom is -0.454 e. The standard InChI is InChI=1S/C25H27N3O4/c1-17-6-9-19(10-7-17)25-27-26-23(32-25)12-13-24(29)28(20-4-2-3-5-20)15-18-8-11-21-22(14-18)31-16-30-21/h6-11,14,20H,2-5,12-13,15-16H2,1H3. The highest BCUT2D eigenvalue weighted by Gasteiger charge is 2.27. The fraction of sp³-hybridized carbons (Fsp3) is 0.400. The molecular formula is C25H27N3O4. The zero-order valence-electron chi connectivity index (χ0n) is 18.3. The summed E-state index contributed by atoms with van der Waals surface area (Å²) in [6.45, 7) is 2.85. The molecule has 0 N–H and O–H groups in total. The summed E-state index contributed by atoms with van der Waals surface area (Å²) >= 11 is 0. The second-order valence-electron chi connectivity index (χ2n) is 8.51. The van der Waals surface area contributed by atoms with Crippen LogP contribution in [0.2, 0.25) is 0 Å². The number of rotatable bonds is 7. The normalized spacial score (nSPS) is 15.3. The van der Waals surface area contributed by atoms with Crippen molar-refractivity contribution in [1.29, 1.82) is 0 Å². The van der Waals surface area contributed by atoms with Gasteiger partial charge in [-0.05, 0) is 49.6 Å². The number of hydrogen-bond acceptors (Lipinski definition) is 6. The minimum atomic E-state index is 0.115. The van der Waals surface area contributed by atoms with Gasteiger partial charge in [-0.25, -0.2) is 0 Å². The quantitative estimate of drug-likeness (QED) is 0.539. The van der Waals surface area contributed by atoms with Gasteiger partial charge in [0.25, 0.3) is 0 Å². The third kappa shape index (κ3) is 4.47. The number of benzene rings is 2. The van der Waals surface area contributed by atoms with Gasteiger partial charge in [-0.3, -0.25) is 4.79 Å². The molecule has 2 aromatic carbocycles. The molecule has 166 valence electrons. The first-order valence-electron chi connectivity index (χ1n) is 11.2. The van der Waals surface area contributed by atoms with E-state index in [1.165, 1.54) is 18.4 Å². The van der Waals surface area contributed by atoms with Crippen molar-refractivity contribution in [3.63, 3.8) is 0 Å². The van der Waals surface area contributed by atoms with E-state index in [1.807, 2.05) is 54.3 Å². The average Bonchev–Trinajstić information content (AvgIpc) is 3.58. The van der Waals surface area contributed by atoms with Crippen LogP contribution in [0, 0.1) is 6.92 Å². The van der Waals surface area contributed by atoms with Crippen molar-refractivity contribution in [2.45, 2.75) is 58.0 Å². The van der Waals surface area contributed by atoms with Crippen LogP contribution in [0.4, 0.5) is 0 Å². The van der Waals surface area contributed by atoms with Crippen LogP contribution in [-0.2, 0) is 17.8 Å². The van der Waals surface area contributed by atoms with Gasteiger partial charge >= 0.3 is 0 Å². The molecule has 1 aromatic heterocycles. The molecule has 7 heteroatoms. The smallest absolute Gasteiger partial charge is 0.247 e. The Morgan fingerprint density at radius 1 is 1.03 bits per heavy atom. The molecule has 1 saturated carbocycles. The Hall–Kier alpha value is -3.35. The van der Waals surface area contributed by atoms with Gasteiger partial charge in [0.05, 0.1) is 0 Å². The third-order valence-electron chi connectivity index (χ3n) is 6.19. The lowest BCUT2D eigenvalue weighted by Gasteiger charge is -2.29. The summed E-state index contributed by atoms with van der Waals surface area (Å²) in [5.74, 6) is 2.59. The first-order chi connectivity index (χ1) is 15.7. The maximum atomic E-state index is 13.2. The molecule has 5 rings (SSSR count). The number of carbonyl (C=O) groups excluding carboxylic acids is 1. The van der Waals surface area contributed by atoms with Crippen LogP contribution in [-0.4, -0.2) is 33.8 Å². The number of hydrogen-bond donors (Lipinski definition) is 0. The van der Waals surface area contributed by atoms with Crippen molar-refractivity contribution in [3.05, 3.63) is 59.5 Å². The molecule has 0 bridgehead atoms. The van der Waals surface area contributed by atoms with Crippen molar-refractivity contribution < 1.29 is 18.7 Å². The summed E-state index contributed by atoms with van der Waals surface area (Å²) in [6, 6.07) is 14.1. The minimum absolute atomic E-state index is 0.115. The Balaban J connectivity index is 1.25. The van der Waals surface area contributed by atoms with E-state index in [0.717, 1.165) is 35.5 Å². The molecule has 0 spiro atoms. The Morgan fingerprint density at radius 2 is 1.81 bits per heavy atom. The maximum Gasteiger partial charge on any atom is 0.247 e. The molecule has 1 amide bonds. The highest BCUT2D eigenvalue weighted by molar-refractivity contribution is 5.76. The fourth-order valence-electron chi connectivity index (χ4n) is 4.40. The Bertz CT molecular complexity index is 1090. The number of aromatic nitrogens is 2. The molecule has 0 unspecified atom stereocenters. The SMILES string of the molecule is Cc1ccc(-c2nnc(CCC(=O)N(Cc3ccc4c(c3)OCO4)C3CCCC3)o2)cc1. The van der Waals surface area contributed by atoms with Gasteiger partial charge in [-0.1, -0.05) is 36.6 Å². The van der Waals surface area contributed by atoms with Gasteiger partial charge in [0.15, 0.2) is 11.5 Å². The van der Waals surface area contributed by atoms with Crippen molar-refractivity contribution in [2.24, 2.45) is 0 Å².